The molecule has 7 nitrogen and oxygen atoms in total. The lowest BCUT2D eigenvalue weighted by atomic mass is 9.88. The van der Waals surface area contributed by atoms with Gasteiger partial charge in [0.1, 0.15) is 6.04 Å². The Kier molecular flexibility index (Phi) is 7.25. The maximum Gasteiger partial charge on any atom is 0.328 e. The lowest BCUT2D eigenvalue weighted by Gasteiger charge is -2.23. The molecule has 1 aliphatic rings. The van der Waals surface area contributed by atoms with Crippen LogP contribution in [-0.2, 0) is 16.1 Å². The van der Waals surface area contributed by atoms with Crippen molar-refractivity contribution >= 4 is 17.9 Å². The Morgan fingerprint density at radius 2 is 1.72 bits per heavy atom. The highest BCUT2D eigenvalue weighted by Crippen LogP contribution is 2.23. The molecule has 0 spiro atoms. The van der Waals surface area contributed by atoms with Crippen LogP contribution in [0.15, 0.2) is 30.3 Å². The van der Waals surface area contributed by atoms with Crippen LogP contribution in [0.3, 0.4) is 0 Å². The lowest BCUT2D eigenvalue weighted by Crippen LogP contribution is -2.51. The summed E-state index contributed by atoms with van der Waals surface area (Å²) in [6.07, 6.45) is 4.70. The number of hydrogen-bond acceptors (Lipinski definition) is 3. The first-order valence-corrected chi connectivity index (χ1v) is 8.65. The molecule has 4 N–H and O–H groups in total. The molecule has 1 fully saturated rings. The van der Waals surface area contributed by atoms with Gasteiger partial charge in [0.05, 0.1) is 6.54 Å². The number of nitrogens with one attached hydrogen (secondary N) is 3. The fourth-order valence-corrected chi connectivity index (χ4v) is 2.89. The normalized spacial score (nSPS) is 15.8. The minimum atomic E-state index is -1.16. The fourth-order valence-electron chi connectivity index (χ4n) is 2.89. The first-order chi connectivity index (χ1) is 12.1. The number of amides is 3. The maximum atomic E-state index is 12.2. The zero-order chi connectivity index (χ0) is 18.1. The molecular weight excluding hydrogens is 322 g/mol. The lowest BCUT2D eigenvalue weighted by molar-refractivity contribution is -0.142. The molecule has 2 rings (SSSR count). The van der Waals surface area contributed by atoms with Crippen LogP contribution in [0.25, 0.3) is 0 Å². The van der Waals surface area contributed by atoms with Crippen LogP contribution >= 0.6 is 0 Å². The SMILES string of the molecule is O=C(NCc1ccccc1)NCC(NC(=O)C1CCCCC1)C(=O)O. The zero-order valence-corrected chi connectivity index (χ0v) is 14.2. The van der Waals surface area contributed by atoms with Gasteiger partial charge in [-0.3, -0.25) is 4.79 Å². The Hall–Kier alpha value is -2.57. The minimum Gasteiger partial charge on any atom is -0.480 e. The number of carbonyl (C=O) groups is 3. The highest BCUT2D eigenvalue weighted by atomic mass is 16.4. The van der Waals surface area contributed by atoms with Crippen LogP contribution in [0.1, 0.15) is 37.7 Å². The molecule has 0 heterocycles. The molecule has 1 unspecified atom stereocenters. The van der Waals surface area contributed by atoms with E-state index in [4.69, 9.17) is 0 Å². The number of carbonyl (C=O) groups excluding carboxylic acids is 2. The summed E-state index contributed by atoms with van der Waals surface area (Å²) in [6, 6.07) is 7.79. The first kappa shape index (κ1) is 18.8. The molecule has 1 atom stereocenters. The first-order valence-electron chi connectivity index (χ1n) is 8.65. The number of rotatable bonds is 7. The van der Waals surface area contributed by atoms with Crippen molar-refractivity contribution in [1.82, 2.24) is 16.0 Å². The molecule has 1 aromatic rings. The van der Waals surface area contributed by atoms with Gasteiger partial charge in [-0.05, 0) is 18.4 Å². The average Bonchev–Trinajstić information content (AvgIpc) is 2.64. The largest absolute Gasteiger partial charge is 0.480 e. The number of carboxylic acid groups (broad SMARTS) is 1. The second kappa shape index (κ2) is 9.66. The molecule has 0 radical (unpaired) electrons. The number of hydrogen-bond donors (Lipinski definition) is 4. The quantitative estimate of drug-likeness (QED) is 0.601. The summed E-state index contributed by atoms with van der Waals surface area (Å²) in [5.41, 5.74) is 0.943. The number of carboxylic acids is 1. The van der Waals surface area contributed by atoms with Gasteiger partial charge in [-0.15, -0.1) is 0 Å². The van der Waals surface area contributed by atoms with Gasteiger partial charge < -0.3 is 21.1 Å². The molecular formula is C18H25N3O4. The second-order valence-corrected chi connectivity index (χ2v) is 6.28. The molecule has 1 aliphatic carbocycles. The van der Waals surface area contributed by atoms with Crippen molar-refractivity contribution in [3.05, 3.63) is 35.9 Å². The van der Waals surface area contributed by atoms with E-state index in [2.05, 4.69) is 16.0 Å². The van der Waals surface area contributed by atoms with Crippen molar-refractivity contribution in [3.63, 3.8) is 0 Å². The maximum absolute atomic E-state index is 12.2. The van der Waals surface area contributed by atoms with E-state index < -0.39 is 18.0 Å². The average molecular weight is 347 g/mol. The summed E-state index contributed by atoms with van der Waals surface area (Å²) >= 11 is 0. The molecule has 25 heavy (non-hydrogen) atoms. The van der Waals surface area contributed by atoms with Gasteiger partial charge in [-0.2, -0.15) is 0 Å². The predicted molar refractivity (Wildman–Crippen MR) is 92.8 cm³/mol. The number of urea groups is 1. The third kappa shape index (κ3) is 6.45. The van der Waals surface area contributed by atoms with Crippen molar-refractivity contribution in [1.29, 1.82) is 0 Å². The zero-order valence-electron chi connectivity index (χ0n) is 14.2. The van der Waals surface area contributed by atoms with Crippen LogP contribution in [-0.4, -0.2) is 35.6 Å². The number of aliphatic carboxylic acids is 1. The molecule has 0 aromatic heterocycles. The van der Waals surface area contributed by atoms with Crippen molar-refractivity contribution in [2.45, 2.75) is 44.7 Å². The standard InChI is InChI=1S/C18H25N3O4/c22-16(14-9-5-2-6-10-14)21-15(17(23)24)12-20-18(25)19-11-13-7-3-1-4-8-13/h1,3-4,7-8,14-15H,2,5-6,9-12H2,(H,21,22)(H,23,24)(H2,19,20,25). The van der Waals surface area contributed by atoms with E-state index >= 15 is 0 Å². The monoisotopic (exact) mass is 347 g/mol. The Labute approximate surface area is 147 Å². The highest BCUT2D eigenvalue weighted by Gasteiger charge is 2.26. The summed E-state index contributed by atoms with van der Waals surface area (Å²) in [5, 5.41) is 16.9. The number of benzene rings is 1. The van der Waals surface area contributed by atoms with E-state index in [1.165, 1.54) is 0 Å². The van der Waals surface area contributed by atoms with E-state index in [-0.39, 0.29) is 18.4 Å². The van der Waals surface area contributed by atoms with Gasteiger partial charge in [-0.1, -0.05) is 49.6 Å². The van der Waals surface area contributed by atoms with E-state index in [1.807, 2.05) is 30.3 Å². The van der Waals surface area contributed by atoms with Crippen molar-refractivity contribution in [2.24, 2.45) is 5.92 Å². The van der Waals surface area contributed by atoms with Crippen molar-refractivity contribution < 1.29 is 19.5 Å². The summed E-state index contributed by atoms with van der Waals surface area (Å²) < 4.78 is 0. The molecule has 1 saturated carbocycles. The molecule has 136 valence electrons. The molecule has 1 aromatic carbocycles. The van der Waals surface area contributed by atoms with Crippen LogP contribution in [0, 0.1) is 5.92 Å². The molecule has 0 aliphatic heterocycles. The molecule has 0 saturated heterocycles. The van der Waals surface area contributed by atoms with Crippen LogP contribution in [0.4, 0.5) is 4.79 Å². The Bertz CT molecular complexity index is 585. The topological polar surface area (TPSA) is 108 Å². The molecule has 3 amide bonds. The van der Waals surface area contributed by atoms with Crippen molar-refractivity contribution in [2.75, 3.05) is 6.54 Å². The minimum absolute atomic E-state index is 0.123. The van der Waals surface area contributed by atoms with Gasteiger partial charge in [0.25, 0.3) is 0 Å². The van der Waals surface area contributed by atoms with Crippen LogP contribution in [0.2, 0.25) is 0 Å². The molecule has 0 bridgehead atoms. The summed E-state index contributed by atoms with van der Waals surface area (Å²) in [5.74, 6) is -1.52. The Morgan fingerprint density at radius 1 is 1.04 bits per heavy atom. The summed E-state index contributed by atoms with van der Waals surface area (Å²) in [7, 11) is 0. The summed E-state index contributed by atoms with van der Waals surface area (Å²) in [4.78, 5) is 35.3. The van der Waals surface area contributed by atoms with Crippen LogP contribution < -0.4 is 16.0 Å². The second-order valence-electron chi connectivity index (χ2n) is 6.28. The Balaban J connectivity index is 1.75. The van der Waals surface area contributed by atoms with Gasteiger partial charge in [0.2, 0.25) is 5.91 Å². The smallest absolute Gasteiger partial charge is 0.328 e. The predicted octanol–water partition coefficient (Wildman–Crippen LogP) is 1.64. The highest BCUT2D eigenvalue weighted by molar-refractivity contribution is 5.85. The third-order valence-corrected chi connectivity index (χ3v) is 4.35. The summed E-state index contributed by atoms with van der Waals surface area (Å²) in [6.45, 7) is 0.188. The fraction of sp³-hybridized carbons (Fsp3) is 0.500. The van der Waals surface area contributed by atoms with E-state index in [9.17, 15) is 19.5 Å². The van der Waals surface area contributed by atoms with Crippen LogP contribution in [0.5, 0.6) is 0 Å². The van der Waals surface area contributed by atoms with Crippen molar-refractivity contribution in [3.8, 4) is 0 Å². The van der Waals surface area contributed by atoms with Gasteiger partial charge in [0.15, 0.2) is 0 Å². The Morgan fingerprint density at radius 3 is 2.36 bits per heavy atom. The van der Waals surface area contributed by atoms with Gasteiger partial charge in [-0.25, -0.2) is 9.59 Å². The van der Waals surface area contributed by atoms with E-state index in [0.29, 0.717) is 6.54 Å². The van der Waals surface area contributed by atoms with Gasteiger partial charge in [0, 0.05) is 12.5 Å². The van der Waals surface area contributed by atoms with E-state index in [0.717, 1.165) is 37.7 Å². The third-order valence-electron chi connectivity index (χ3n) is 4.35. The van der Waals surface area contributed by atoms with Gasteiger partial charge >= 0.3 is 12.0 Å². The molecule has 7 heteroatoms. The van der Waals surface area contributed by atoms with E-state index in [1.54, 1.807) is 0 Å².